The lowest BCUT2D eigenvalue weighted by Crippen LogP contribution is -2.34. The van der Waals surface area contributed by atoms with Gasteiger partial charge in [-0.25, -0.2) is 0 Å². The minimum absolute atomic E-state index is 0.120. The molecule has 1 aromatic carbocycles. The van der Waals surface area contributed by atoms with E-state index >= 15 is 0 Å². The van der Waals surface area contributed by atoms with Gasteiger partial charge in [-0.15, -0.1) is 10.2 Å². The van der Waals surface area contributed by atoms with Crippen molar-refractivity contribution in [1.82, 2.24) is 20.1 Å². The van der Waals surface area contributed by atoms with Crippen LogP contribution in [0, 0.1) is 5.92 Å². The number of carbonyl (C=O) groups excluding carboxylic acids is 1. The standard InChI is InChI=1S/C18H23N5O/c24-18(14-8-10-19-11-9-14)20-15-6-4-13(5-7-15)17-22-21-16-3-1-2-12-23(16)17/h4-7,14,19H,1-3,8-12H2,(H,20,24). The maximum absolute atomic E-state index is 12.3. The number of piperidine rings is 1. The van der Waals surface area contributed by atoms with Crippen LogP contribution >= 0.6 is 0 Å². The summed E-state index contributed by atoms with van der Waals surface area (Å²) in [5.41, 5.74) is 1.90. The van der Waals surface area contributed by atoms with Gasteiger partial charge in [0, 0.05) is 30.1 Å². The first-order chi connectivity index (χ1) is 11.8. The summed E-state index contributed by atoms with van der Waals surface area (Å²) in [4.78, 5) is 12.3. The van der Waals surface area contributed by atoms with Gasteiger partial charge < -0.3 is 15.2 Å². The smallest absolute Gasteiger partial charge is 0.227 e. The Bertz CT molecular complexity index is 716. The van der Waals surface area contributed by atoms with Crippen LogP contribution in [0.1, 0.15) is 31.5 Å². The van der Waals surface area contributed by atoms with Gasteiger partial charge in [-0.2, -0.15) is 0 Å². The predicted molar refractivity (Wildman–Crippen MR) is 92.6 cm³/mol. The highest BCUT2D eigenvalue weighted by Crippen LogP contribution is 2.24. The van der Waals surface area contributed by atoms with E-state index in [9.17, 15) is 4.79 Å². The molecule has 3 heterocycles. The zero-order valence-electron chi connectivity index (χ0n) is 13.8. The van der Waals surface area contributed by atoms with Gasteiger partial charge >= 0.3 is 0 Å². The number of amides is 1. The Morgan fingerprint density at radius 3 is 2.71 bits per heavy atom. The number of nitrogens with zero attached hydrogens (tertiary/aromatic N) is 3. The van der Waals surface area contributed by atoms with E-state index in [1.54, 1.807) is 0 Å². The molecule has 2 aliphatic heterocycles. The molecule has 6 heteroatoms. The predicted octanol–water partition coefficient (Wildman–Crippen LogP) is 2.22. The lowest BCUT2D eigenvalue weighted by atomic mass is 9.97. The summed E-state index contributed by atoms with van der Waals surface area (Å²) >= 11 is 0. The van der Waals surface area contributed by atoms with Gasteiger partial charge in [0.2, 0.25) is 5.91 Å². The molecule has 0 saturated carbocycles. The van der Waals surface area contributed by atoms with Crippen LogP contribution in [0.25, 0.3) is 11.4 Å². The van der Waals surface area contributed by atoms with Crippen molar-refractivity contribution in [3.05, 3.63) is 30.1 Å². The van der Waals surface area contributed by atoms with Gasteiger partial charge in [-0.05, 0) is 63.0 Å². The first kappa shape index (κ1) is 15.3. The maximum atomic E-state index is 12.3. The number of rotatable bonds is 3. The Morgan fingerprint density at radius 1 is 1.12 bits per heavy atom. The zero-order valence-corrected chi connectivity index (χ0v) is 13.8. The van der Waals surface area contributed by atoms with Gasteiger partial charge in [0.25, 0.3) is 0 Å². The molecule has 0 radical (unpaired) electrons. The van der Waals surface area contributed by atoms with E-state index in [1.807, 2.05) is 24.3 Å². The van der Waals surface area contributed by atoms with E-state index in [0.29, 0.717) is 0 Å². The number of aromatic nitrogens is 3. The highest BCUT2D eigenvalue weighted by Gasteiger charge is 2.21. The molecule has 1 saturated heterocycles. The van der Waals surface area contributed by atoms with Crippen molar-refractivity contribution >= 4 is 11.6 Å². The number of fused-ring (bicyclic) bond motifs is 1. The largest absolute Gasteiger partial charge is 0.326 e. The van der Waals surface area contributed by atoms with Crippen LogP contribution in [-0.2, 0) is 17.8 Å². The molecule has 126 valence electrons. The van der Waals surface area contributed by atoms with Gasteiger partial charge in [-0.3, -0.25) is 4.79 Å². The number of hydrogen-bond donors (Lipinski definition) is 2. The summed E-state index contributed by atoms with van der Waals surface area (Å²) < 4.78 is 2.21. The van der Waals surface area contributed by atoms with Crippen LogP contribution in [0.4, 0.5) is 5.69 Å². The highest BCUT2D eigenvalue weighted by molar-refractivity contribution is 5.92. The van der Waals surface area contributed by atoms with Gasteiger partial charge in [0.05, 0.1) is 0 Å². The molecule has 0 unspecified atom stereocenters. The molecule has 2 aliphatic rings. The van der Waals surface area contributed by atoms with E-state index in [0.717, 1.165) is 61.8 Å². The molecule has 1 amide bonds. The zero-order chi connectivity index (χ0) is 16.4. The van der Waals surface area contributed by atoms with E-state index in [-0.39, 0.29) is 11.8 Å². The van der Waals surface area contributed by atoms with Crippen LogP contribution in [0.3, 0.4) is 0 Å². The molecular formula is C18H23N5O. The first-order valence-electron chi connectivity index (χ1n) is 8.85. The van der Waals surface area contributed by atoms with Gasteiger partial charge in [0.15, 0.2) is 5.82 Å². The molecule has 0 spiro atoms. The van der Waals surface area contributed by atoms with Gasteiger partial charge in [0.1, 0.15) is 5.82 Å². The monoisotopic (exact) mass is 325 g/mol. The Hall–Kier alpha value is -2.21. The number of anilines is 1. The molecule has 1 fully saturated rings. The second-order valence-corrected chi connectivity index (χ2v) is 6.64. The summed E-state index contributed by atoms with van der Waals surface area (Å²) in [5, 5.41) is 15.0. The van der Waals surface area contributed by atoms with Crippen molar-refractivity contribution in [1.29, 1.82) is 0 Å². The summed E-state index contributed by atoms with van der Waals surface area (Å²) in [6.45, 7) is 2.84. The number of nitrogens with one attached hydrogen (secondary N) is 2. The topological polar surface area (TPSA) is 71.8 Å². The number of carbonyl (C=O) groups is 1. The molecule has 2 N–H and O–H groups in total. The normalized spacial score (nSPS) is 18.2. The summed E-state index contributed by atoms with van der Waals surface area (Å²) in [6, 6.07) is 7.95. The summed E-state index contributed by atoms with van der Waals surface area (Å²) in [5.74, 6) is 2.26. The van der Waals surface area contributed by atoms with Crippen molar-refractivity contribution in [2.75, 3.05) is 18.4 Å². The lowest BCUT2D eigenvalue weighted by Gasteiger charge is -2.21. The van der Waals surface area contributed by atoms with Crippen molar-refractivity contribution in [2.24, 2.45) is 5.92 Å². The average molecular weight is 325 g/mol. The SMILES string of the molecule is O=C(Nc1ccc(-c2nnc3n2CCCC3)cc1)C1CCNCC1. The van der Waals surface area contributed by atoms with Crippen LogP contribution < -0.4 is 10.6 Å². The minimum Gasteiger partial charge on any atom is -0.326 e. The van der Waals surface area contributed by atoms with Crippen molar-refractivity contribution in [3.63, 3.8) is 0 Å². The van der Waals surface area contributed by atoms with Crippen LogP contribution in [0.5, 0.6) is 0 Å². The third-order valence-electron chi connectivity index (χ3n) is 4.98. The van der Waals surface area contributed by atoms with E-state index in [1.165, 1.54) is 12.8 Å². The molecule has 2 aromatic rings. The van der Waals surface area contributed by atoms with Crippen LogP contribution in [-0.4, -0.2) is 33.8 Å². The second kappa shape index (κ2) is 6.73. The summed E-state index contributed by atoms with van der Waals surface area (Å²) in [7, 11) is 0. The number of aryl methyl sites for hydroxylation is 1. The third-order valence-corrected chi connectivity index (χ3v) is 4.98. The summed E-state index contributed by atoms with van der Waals surface area (Å²) in [6.07, 6.45) is 5.21. The molecule has 0 bridgehead atoms. The number of benzene rings is 1. The molecule has 0 aliphatic carbocycles. The Kier molecular flexibility index (Phi) is 4.30. The molecule has 4 rings (SSSR count). The fraction of sp³-hybridized carbons (Fsp3) is 0.500. The fourth-order valence-corrected chi connectivity index (χ4v) is 3.55. The van der Waals surface area contributed by atoms with Crippen molar-refractivity contribution in [3.8, 4) is 11.4 Å². The number of hydrogen-bond acceptors (Lipinski definition) is 4. The fourth-order valence-electron chi connectivity index (χ4n) is 3.55. The molecule has 1 aromatic heterocycles. The Balaban J connectivity index is 1.46. The minimum atomic E-state index is 0.120. The average Bonchev–Trinajstić information content (AvgIpc) is 3.07. The third kappa shape index (κ3) is 3.06. The van der Waals surface area contributed by atoms with E-state index in [4.69, 9.17) is 0 Å². The molecular weight excluding hydrogens is 302 g/mol. The lowest BCUT2D eigenvalue weighted by molar-refractivity contribution is -0.120. The second-order valence-electron chi connectivity index (χ2n) is 6.64. The van der Waals surface area contributed by atoms with Crippen LogP contribution in [0.2, 0.25) is 0 Å². The maximum Gasteiger partial charge on any atom is 0.227 e. The van der Waals surface area contributed by atoms with Gasteiger partial charge in [-0.1, -0.05) is 0 Å². The van der Waals surface area contributed by atoms with Crippen molar-refractivity contribution in [2.45, 2.75) is 38.6 Å². The molecule has 0 atom stereocenters. The Labute approximate surface area is 141 Å². The van der Waals surface area contributed by atoms with E-state index in [2.05, 4.69) is 25.4 Å². The first-order valence-corrected chi connectivity index (χ1v) is 8.85. The van der Waals surface area contributed by atoms with Crippen molar-refractivity contribution < 1.29 is 4.79 Å². The Morgan fingerprint density at radius 2 is 1.92 bits per heavy atom. The highest BCUT2D eigenvalue weighted by atomic mass is 16.1. The molecule has 24 heavy (non-hydrogen) atoms. The van der Waals surface area contributed by atoms with E-state index < -0.39 is 0 Å². The van der Waals surface area contributed by atoms with Crippen LogP contribution in [0.15, 0.2) is 24.3 Å². The quantitative estimate of drug-likeness (QED) is 0.908. The molecule has 6 nitrogen and oxygen atoms in total.